The molecule has 0 spiro atoms. The van der Waals surface area contributed by atoms with Gasteiger partial charge in [0.1, 0.15) is 5.75 Å². The number of nitrogens with zero attached hydrogens (tertiary/aromatic N) is 2. The molecule has 0 aliphatic rings. The van der Waals surface area contributed by atoms with Gasteiger partial charge in [0.05, 0.1) is 11.4 Å². The molecule has 0 atom stereocenters. The Bertz CT molecular complexity index is 746. The van der Waals surface area contributed by atoms with Crippen molar-refractivity contribution >= 4 is 22.1 Å². The Kier molecular flexibility index (Phi) is 7.60. The predicted molar refractivity (Wildman–Crippen MR) is 73.9 cm³/mol. The van der Waals surface area contributed by atoms with E-state index < -0.39 is 0 Å². The van der Waals surface area contributed by atoms with Gasteiger partial charge in [-0.05, 0) is 18.2 Å². The normalized spacial score (nSPS) is 10.1. The first-order valence-electron chi connectivity index (χ1n) is 5.85. The summed E-state index contributed by atoms with van der Waals surface area (Å²) in [6.07, 6.45) is 0. The Morgan fingerprint density at radius 3 is 2.43 bits per heavy atom. The molecule has 0 unspecified atom stereocenters. The van der Waals surface area contributed by atoms with Gasteiger partial charge >= 0.3 is 59.1 Å². The van der Waals surface area contributed by atoms with E-state index in [9.17, 15) is 5.11 Å². The quantitative estimate of drug-likeness (QED) is 0.351. The summed E-state index contributed by atoms with van der Waals surface area (Å²) in [6.45, 7) is 0. The molecule has 21 heavy (non-hydrogen) atoms. The van der Waals surface area contributed by atoms with Crippen molar-refractivity contribution in [3.63, 3.8) is 0 Å². The maximum atomic E-state index is 9.90. The molecule has 0 amide bonds. The molecule has 0 fully saturated rings. The van der Waals surface area contributed by atoms with Crippen LogP contribution >= 0.6 is 0 Å². The Labute approximate surface area is 167 Å². The van der Waals surface area contributed by atoms with Gasteiger partial charge < -0.3 is 23.3 Å². The molecule has 5 heteroatoms. The summed E-state index contributed by atoms with van der Waals surface area (Å²) >= 11 is 0. The number of fused-ring (bicyclic) bond motifs is 1. The molecule has 0 bridgehead atoms. The van der Waals surface area contributed by atoms with E-state index in [4.69, 9.17) is 0 Å². The summed E-state index contributed by atoms with van der Waals surface area (Å²) in [5, 5.41) is 19.8. The van der Waals surface area contributed by atoms with E-state index in [1.165, 1.54) is 0 Å². The Hall–Kier alpha value is -0.680. The third kappa shape index (κ3) is 4.39. The summed E-state index contributed by atoms with van der Waals surface area (Å²) in [4.78, 5) is 0. The molecule has 0 aromatic heterocycles. The van der Waals surface area contributed by atoms with Crippen LogP contribution in [-0.4, -0.2) is 5.11 Å². The molecule has 0 saturated carbocycles. The predicted octanol–water partition coefficient (Wildman–Crippen LogP) is -1.43. The largest absolute Gasteiger partial charge is 1.00 e. The minimum absolute atomic E-state index is 0. The summed E-state index contributed by atoms with van der Waals surface area (Å²) in [5.74, 6) is 0.0923. The van der Waals surface area contributed by atoms with Crippen LogP contribution in [0.3, 0.4) is 0 Å². The van der Waals surface area contributed by atoms with Crippen molar-refractivity contribution in [2.75, 3.05) is 0 Å². The minimum atomic E-state index is 0. The fourth-order valence-electron chi connectivity index (χ4n) is 1.82. The molecule has 3 aromatic carbocycles. The first kappa shape index (κ1) is 18.4. The summed E-state index contributed by atoms with van der Waals surface area (Å²) in [5.41, 5.74) is 1.16. The van der Waals surface area contributed by atoms with E-state index in [0.717, 1.165) is 16.5 Å². The number of azo groups is 1. The van der Waals surface area contributed by atoms with Crippen molar-refractivity contribution in [1.82, 2.24) is 0 Å². The van der Waals surface area contributed by atoms with Crippen LogP contribution in [0.15, 0.2) is 64.8 Å². The first-order valence-corrected chi connectivity index (χ1v) is 5.85. The average Bonchev–Trinajstić information content (AvgIpc) is 2.47. The summed E-state index contributed by atoms with van der Waals surface area (Å²) < 4.78 is 0. The van der Waals surface area contributed by atoms with E-state index in [2.05, 4.69) is 22.4 Å². The van der Waals surface area contributed by atoms with Crippen LogP contribution in [-0.2, 0) is 0 Å². The van der Waals surface area contributed by atoms with Crippen LogP contribution in [0, 0.1) is 12.1 Å². The second kappa shape index (κ2) is 8.69. The molecule has 0 aliphatic heterocycles. The number of rotatable bonds is 2. The maximum absolute atomic E-state index is 9.90. The van der Waals surface area contributed by atoms with E-state index in [-0.39, 0.29) is 64.9 Å². The molecule has 0 heterocycles. The van der Waals surface area contributed by atoms with Crippen LogP contribution in [0.2, 0.25) is 0 Å². The molecule has 3 rings (SSSR count). The van der Waals surface area contributed by atoms with Gasteiger partial charge in [-0.25, -0.2) is 10.8 Å². The third-order valence-electron chi connectivity index (χ3n) is 2.75. The van der Waals surface area contributed by atoms with Gasteiger partial charge in [-0.2, -0.15) is 16.3 Å². The topological polar surface area (TPSA) is 45.0 Å². The molecule has 3 aromatic rings. The number of benzene rings is 3. The zero-order valence-corrected chi connectivity index (χ0v) is 16.0. The van der Waals surface area contributed by atoms with Crippen molar-refractivity contribution in [1.29, 1.82) is 0 Å². The molecular weight excluding hydrogens is 282 g/mol. The maximum Gasteiger partial charge on any atom is 1.00 e. The van der Waals surface area contributed by atoms with Crippen LogP contribution in [0.4, 0.5) is 11.4 Å². The van der Waals surface area contributed by atoms with Crippen molar-refractivity contribution in [2.24, 2.45) is 10.2 Å². The summed E-state index contributed by atoms with van der Waals surface area (Å²) in [7, 11) is 0. The van der Waals surface area contributed by atoms with Gasteiger partial charge in [-0.1, -0.05) is 18.2 Å². The van der Waals surface area contributed by atoms with Gasteiger partial charge in [-0.15, -0.1) is 0 Å². The zero-order chi connectivity index (χ0) is 13.1. The van der Waals surface area contributed by atoms with Gasteiger partial charge in [0, 0.05) is 0 Å². The molecule has 0 aliphatic carbocycles. The van der Waals surface area contributed by atoms with Crippen molar-refractivity contribution in [3.05, 3.63) is 66.7 Å². The van der Waals surface area contributed by atoms with Crippen molar-refractivity contribution in [3.8, 4) is 5.75 Å². The third-order valence-corrected chi connectivity index (χ3v) is 2.75. The molecule has 1 N–H and O–H groups in total. The number of hydrogen-bond acceptors (Lipinski definition) is 3. The molecular formula is C16H10N2Na2O. The number of phenols is 1. The van der Waals surface area contributed by atoms with Gasteiger partial charge in [0.25, 0.3) is 0 Å². The number of aromatic hydroxyl groups is 1. The molecule has 92 valence electrons. The first-order chi connectivity index (χ1) is 9.34. The fourth-order valence-corrected chi connectivity index (χ4v) is 1.82. The van der Waals surface area contributed by atoms with Crippen molar-refractivity contribution in [2.45, 2.75) is 0 Å². The van der Waals surface area contributed by atoms with E-state index in [1.807, 2.05) is 36.4 Å². The van der Waals surface area contributed by atoms with Gasteiger partial charge in [0.2, 0.25) is 0 Å². The van der Waals surface area contributed by atoms with E-state index in [1.54, 1.807) is 18.2 Å². The van der Waals surface area contributed by atoms with Crippen LogP contribution in [0.5, 0.6) is 5.75 Å². The van der Waals surface area contributed by atoms with Gasteiger partial charge in [-0.3, -0.25) is 6.07 Å². The van der Waals surface area contributed by atoms with Crippen molar-refractivity contribution < 1.29 is 64.2 Å². The second-order valence-electron chi connectivity index (χ2n) is 4.03. The van der Waals surface area contributed by atoms with E-state index in [0.29, 0.717) is 5.69 Å². The van der Waals surface area contributed by atoms with Gasteiger partial charge in [0.15, 0.2) is 0 Å². The standard InChI is InChI=1S/C16H10N2O.2Na/c19-15-11-10-12-6-4-5-9-14(12)16(15)18-17-13-7-2-1-3-8-13;;/h1-3,5-8,10-11,19H;;/q-2;2*+1. The second-order valence-corrected chi connectivity index (χ2v) is 4.03. The van der Waals surface area contributed by atoms with Crippen LogP contribution < -0.4 is 59.1 Å². The SMILES string of the molecule is Oc1ccc2c[c-]c[c-]c2c1N=Nc1ccccc1.[Na+].[Na+]. The van der Waals surface area contributed by atoms with E-state index >= 15 is 0 Å². The average molecular weight is 292 g/mol. The molecule has 0 saturated heterocycles. The summed E-state index contributed by atoms with van der Waals surface area (Å²) in [6, 6.07) is 22.3. The minimum Gasteiger partial charge on any atom is -0.506 e. The fraction of sp³-hybridized carbons (Fsp3) is 0. The zero-order valence-electron chi connectivity index (χ0n) is 12.0. The monoisotopic (exact) mass is 292 g/mol. The number of phenolic OH excluding ortho intramolecular Hbond substituents is 1. The van der Waals surface area contributed by atoms with Crippen LogP contribution in [0.1, 0.15) is 0 Å². The smallest absolute Gasteiger partial charge is 0.506 e. The molecule has 3 nitrogen and oxygen atoms in total. The Morgan fingerprint density at radius 1 is 0.905 bits per heavy atom. The molecule has 0 radical (unpaired) electrons. The number of hydrogen-bond donors (Lipinski definition) is 1. The Balaban J connectivity index is 0.00000110. The van der Waals surface area contributed by atoms with Crippen LogP contribution in [0.25, 0.3) is 10.8 Å². The Morgan fingerprint density at radius 2 is 1.67 bits per heavy atom.